The summed E-state index contributed by atoms with van der Waals surface area (Å²) in [7, 11) is 0. The molecule has 0 saturated carbocycles. The van der Waals surface area contributed by atoms with E-state index in [1.165, 1.54) is 6.92 Å². The Morgan fingerprint density at radius 1 is 1.50 bits per heavy atom. The van der Waals surface area contributed by atoms with Gasteiger partial charge in [0.25, 0.3) is 5.91 Å². The van der Waals surface area contributed by atoms with Gasteiger partial charge in [-0.05, 0) is 19.1 Å². The molecule has 2 aromatic rings. The molecule has 0 bridgehead atoms. The van der Waals surface area contributed by atoms with Crippen LogP contribution < -0.4 is 5.32 Å². The quantitative estimate of drug-likeness (QED) is 0.766. The highest BCUT2D eigenvalue weighted by atomic mass is 16.4. The van der Waals surface area contributed by atoms with Crippen molar-refractivity contribution in [3.63, 3.8) is 0 Å². The molecule has 1 unspecified atom stereocenters. The molecular weight excluding hydrogens is 262 g/mol. The average molecular weight is 277 g/mol. The van der Waals surface area contributed by atoms with Crippen LogP contribution in [0.25, 0.3) is 11.5 Å². The number of hydrogen-bond donors (Lipinski definition) is 3. The van der Waals surface area contributed by atoms with Crippen LogP contribution in [0.4, 0.5) is 0 Å². The fourth-order valence-electron chi connectivity index (χ4n) is 1.57. The Morgan fingerprint density at radius 2 is 2.25 bits per heavy atom. The lowest BCUT2D eigenvalue weighted by atomic mass is 10.2. The van der Waals surface area contributed by atoms with Crippen LogP contribution in [0.5, 0.6) is 0 Å². The highest BCUT2D eigenvalue weighted by Gasteiger charge is 2.16. The minimum atomic E-state index is -0.959. The number of furan rings is 1. The topological polar surface area (TPSA) is 108 Å². The van der Waals surface area contributed by atoms with Crippen molar-refractivity contribution in [1.29, 1.82) is 0 Å². The molecule has 0 fully saturated rings. The normalized spacial score (nSPS) is 12.1. The minimum absolute atomic E-state index is 0.0518. The summed E-state index contributed by atoms with van der Waals surface area (Å²) in [6.07, 6.45) is 0. The zero-order valence-electron chi connectivity index (χ0n) is 11.1. The van der Waals surface area contributed by atoms with Crippen LogP contribution in [0.2, 0.25) is 0 Å². The van der Waals surface area contributed by atoms with Gasteiger partial charge in [-0.3, -0.25) is 14.7 Å². The van der Waals surface area contributed by atoms with Crippen LogP contribution in [0.1, 0.15) is 23.2 Å². The third-order valence-corrected chi connectivity index (χ3v) is 2.81. The number of aryl methyl sites for hydroxylation is 1. The number of carboxylic acid groups (broad SMARTS) is 1. The zero-order chi connectivity index (χ0) is 14.7. The van der Waals surface area contributed by atoms with Crippen LogP contribution in [0.15, 0.2) is 22.6 Å². The van der Waals surface area contributed by atoms with Crippen LogP contribution in [0.3, 0.4) is 0 Å². The van der Waals surface area contributed by atoms with E-state index in [0.29, 0.717) is 11.5 Å². The molecule has 0 saturated heterocycles. The van der Waals surface area contributed by atoms with Gasteiger partial charge in [0.1, 0.15) is 11.5 Å². The van der Waals surface area contributed by atoms with E-state index in [4.69, 9.17) is 9.52 Å². The van der Waals surface area contributed by atoms with Gasteiger partial charge in [0, 0.05) is 12.6 Å². The monoisotopic (exact) mass is 277 g/mol. The second kappa shape index (κ2) is 5.60. The molecule has 3 N–H and O–H groups in total. The third-order valence-electron chi connectivity index (χ3n) is 2.81. The number of amides is 1. The van der Waals surface area contributed by atoms with Crippen molar-refractivity contribution in [2.45, 2.75) is 13.8 Å². The molecule has 20 heavy (non-hydrogen) atoms. The van der Waals surface area contributed by atoms with E-state index in [0.717, 1.165) is 5.76 Å². The van der Waals surface area contributed by atoms with Crippen LogP contribution in [0, 0.1) is 12.8 Å². The Labute approximate surface area is 115 Å². The average Bonchev–Trinajstić information content (AvgIpc) is 3.03. The lowest BCUT2D eigenvalue weighted by molar-refractivity contribution is -0.140. The number of nitrogens with one attached hydrogen (secondary N) is 2. The van der Waals surface area contributed by atoms with Crippen LogP contribution in [-0.2, 0) is 4.79 Å². The van der Waals surface area contributed by atoms with Gasteiger partial charge >= 0.3 is 5.97 Å². The van der Waals surface area contributed by atoms with E-state index in [2.05, 4.69) is 15.5 Å². The molecule has 7 heteroatoms. The SMILES string of the molecule is Cc1ccc(-c2cc(C(=O)NCC(C)C(=O)O)n[nH]2)o1. The maximum absolute atomic E-state index is 11.8. The Balaban J connectivity index is 2.01. The summed E-state index contributed by atoms with van der Waals surface area (Å²) < 4.78 is 5.41. The number of H-pyrrole nitrogens is 1. The van der Waals surface area contributed by atoms with Crippen molar-refractivity contribution in [1.82, 2.24) is 15.5 Å². The summed E-state index contributed by atoms with van der Waals surface area (Å²) >= 11 is 0. The van der Waals surface area contributed by atoms with Gasteiger partial charge in [-0.2, -0.15) is 5.10 Å². The summed E-state index contributed by atoms with van der Waals surface area (Å²) in [5, 5.41) is 17.8. The van der Waals surface area contributed by atoms with Crippen molar-refractivity contribution in [2.24, 2.45) is 5.92 Å². The van der Waals surface area contributed by atoms with E-state index in [1.54, 1.807) is 12.1 Å². The van der Waals surface area contributed by atoms with Gasteiger partial charge in [-0.25, -0.2) is 0 Å². The molecule has 7 nitrogen and oxygen atoms in total. The number of nitrogens with zero attached hydrogens (tertiary/aromatic N) is 1. The molecule has 0 aliphatic heterocycles. The van der Waals surface area contributed by atoms with Crippen molar-refractivity contribution in [2.75, 3.05) is 6.54 Å². The molecule has 0 aliphatic rings. The number of carbonyl (C=O) groups excluding carboxylic acids is 1. The maximum atomic E-state index is 11.8. The summed E-state index contributed by atoms with van der Waals surface area (Å²) in [4.78, 5) is 22.5. The lowest BCUT2D eigenvalue weighted by Crippen LogP contribution is -2.31. The number of carbonyl (C=O) groups is 2. The molecule has 2 heterocycles. The Morgan fingerprint density at radius 3 is 2.85 bits per heavy atom. The molecule has 1 atom stereocenters. The Kier molecular flexibility index (Phi) is 3.88. The van der Waals surface area contributed by atoms with E-state index >= 15 is 0 Å². The molecule has 106 valence electrons. The van der Waals surface area contributed by atoms with Crippen molar-refractivity contribution in [3.05, 3.63) is 29.7 Å². The molecular formula is C13H15N3O4. The number of rotatable bonds is 5. The molecule has 0 radical (unpaired) electrons. The predicted octanol–water partition coefficient (Wildman–Crippen LogP) is 1.43. The second-order valence-electron chi connectivity index (χ2n) is 4.53. The summed E-state index contributed by atoms with van der Waals surface area (Å²) in [5.41, 5.74) is 0.779. The fourth-order valence-corrected chi connectivity index (χ4v) is 1.57. The van der Waals surface area contributed by atoms with Gasteiger partial charge in [-0.15, -0.1) is 0 Å². The summed E-state index contributed by atoms with van der Waals surface area (Å²) in [6.45, 7) is 3.39. The molecule has 2 aromatic heterocycles. The van der Waals surface area contributed by atoms with Gasteiger partial charge < -0.3 is 14.8 Å². The van der Waals surface area contributed by atoms with E-state index in [-0.39, 0.29) is 12.2 Å². The van der Waals surface area contributed by atoms with Gasteiger partial charge in [-0.1, -0.05) is 6.92 Å². The van der Waals surface area contributed by atoms with Gasteiger partial charge in [0.15, 0.2) is 11.5 Å². The van der Waals surface area contributed by atoms with Crippen molar-refractivity contribution >= 4 is 11.9 Å². The first-order chi connectivity index (χ1) is 9.47. The molecule has 0 spiro atoms. The molecule has 0 aliphatic carbocycles. The Bertz CT molecular complexity index is 629. The first-order valence-electron chi connectivity index (χ1n) is 6.10. The van der Waals surface area contributed by atoms with E-state index in [9.17, 15) is 9.59 Å². The fraction of sp³-hybridized carbons (Fsp3) is 0.308. The number of carboxylic acids is 1. The maximum Gasteiger partial charge on any atom is 0.308 e. The van der Waals surface area contributed by atoms with Crippen molar-refractivity contribution < 1.29 is 19.1 Å². The zero-order valence-corrected chi connectivity index (χ0v) is 11.1. The predicted molar refractivity (Wildman–Crippen MR) is 70.2 cm³/mol. The van der Waals surface area contributed by atoms with Crippen LogP contribution >= 0.6 is 0 Å². The highest BCUT2D eigenvalue weighted by Crippen LogP contribution is 2.20. The summed E-state index contributed by atoms with van der Waals surface area (Å²) in [6, 6.07) is 5.14. The van der Waals surface area contributed by atoms with E-state index < -0.39 is 17.8 Å². The van der Waals surface area contributed by atoms with Crippen LogP contribution in [-0.4, -0.2) is 33.7 Å². The standard InChI is InChI=1S/C13H15N3O4/c1-7(13(18)19)6-14-12(17)10-5-9(15-16-10)11-4-3-8(2)20-11/h3-5,7H,6H2,1-2H3,(H,14,17)(H,15,16)(H,18,19). The Hall–Kier alpha value is -2.57. The minimum Gasteiger partial charge on any atom is -0.481 e. The summed E-state index contributed by atoms with van der Waals surface area (Å²) in [5.74, 6) is -0.683. The first kappa shape index (κ1) is 13.9. The number of hydrogen-bond acceptors (Lipinski definition) is 4. The largest absolute Gasteiger partial charge is 0.481 e. The number of aromatic nitrogens is 2. The lowest BCUT2D eigenvalue weighted by Gasteiger charge is -2.06. The number of aromatic amines is 1. The first-order valence-corrected chi connectivity index (χ1v) is 6.10. The molecule has 0 aromatic carbocycles. The molecule has 2 rings (SSSR count). The van der Waals surface area contributed by atoms with E-state index in [1.807, 2.05) is 13.0 Å². The highest BCUT2D eigenvalue weighted by molar-refractivity contribution is 5.93. The second-order valence-corrected chi connectivity index (χ2v) is 4.53. The third kappa shape index (κ3) is 3.05. The number of aliphatic carboxylic acids is 1. The molecule has 1 amide bonds. The van der Waals surface area contributed by atoms with Crippen molar-refractivity contribution in [3.8, 4) is 11.5 Å². The van der Waals surface area contributed by atoms with Gasteiger partial charge in [0.05, 0.1) is 5.92 Å². The smallest absolute Gasteiger partial charge is 0.308 e. The van der Waals surface area contributed by atoms with Gasteiger partial charge in [0.2, 0.25) is 0 Å².